The molecule has 2 aromatic rings. The Morgan fingerprint density at radius 1 is 1.32 bits per heavy atom. The molecule has 19 heavy (non-hydrogen) atoms. The number of rotatable bonds is 5. The molecule has 0 spiro atoms. The average Bonchev–Trinajstić information content (AvgIpc) is 2.75. The molecule has 5 heteroatoms. The fraction of sp³-hybridized carbons (Fsp3) is 0.357. The van der Waals surface area contributed by atoms with Gasteiger partial charge in [0.2, 0.25) is 0 Å². The Labute approximate surface area is 112 Å². The van der Waals surface area contributed by atoms with Gasteiger partial charge >= 0.3 is 0 Å². The molecule has 0 aliphatic rings. The summed E-state index contributed by atoms with van der Waals surface area (Å²) < 4.78 is 4.97. The van der Waals surface area contributed by atoms with E-state index in [0.717, 1.165) is 12.8 Å². The van der Waals surface area contributed by atoms with E-state index in [1.807, 2.05) is 12.1 Å². The summed E-state index contributed by atoms with van der Waals surface area (Å²) in [5.74, 6) is 0.440. The van der Waals surface area contributed by atoms with Crippen LogP contribution in [0.4, 0.5) is 0 Å². The molecule has 0 saturated heterocycles. The van der Waals surface area contributed by atoms with Crippen LogP contribution in [0.25, 0.3) is 0 Å². The van der Waals surface area contributed by atoms with Gasteiger partial charge in [0.15, 0.2) is 0 Å². The van der Waals surface area contributed by atoms with E-state index in [4.69, 9.17) is 4.52 Å². The second kappa shape index (κ2) is 6.13. The van der Waals surface area contributed by atoms with E-state index in [1.54, 1.807) is 26.2 Å². The number of amides is 1. The van der Waals surface area contributed by atoms with E-state index < -0.39 is 0 Å². The maximum Gasteiger partial charge on any atom is 0.256 e. The Kier molecular flexibility index (Phi) is 4.28. The van der Waals surface area contributed by atoms with Gasteiger partial charge in [-0.2, -0.15) is 0 Å². The first-order chi connectivity index (χ1) is 9.18. The molecule has 2 aromatic heterocycles. The number of aryl methyl sites for hydroxylation is 3. The molecule has 0 aliphatic carbocycles. The lowest BCUT2D eigenvalue weighted by atomic mass is 10.1. The average molecular weight is 259 g/mol. The molecule has 0 fully saturated rings. The van der Waals surface area contributed by atoms with Crippen LogP contribution in [-0.2, 0) is 6.42 Å². The summed E-state index contributed by atoms with van der Waals surface area (Å²) in [7, 11) is 0. The van der Waals surface area contributed by atoms with Crippen molar-refractivity contribution in [3.05, 3.63) is 47.1 Å². The van der Waals surface area contributed by atoms with Crippen molar-refractivity contribution < 1.29 is 9.32 Å². The minimum atomic E-state index is -0.119. The molecule has 0 radical (unpaired) electrons. The fourth-order valence-corrected chi connectivity index (χ4v) is 1.94. The normalized spacial score (nSPS) is 10.4. The summed E-state index contributed by atoms with van der Waals surface area (Å²) in [6.45, 7) is 4.14. The second-order valence-corrected chi connectivity index (χ2v) is 4.41. The zero-order valence-electron chi connectivity index (χ0n) is 11.1. The van der Waals surface area contributed by atoms with Crippen molar-refractivity contribution in [3.8, 4) is 0 Å². The molecule has 0 saturated carbocycles. The summed E-state index contributed by atoms with van der Waals surface area (Å²) in [4.78, 5) is 15.9. The van der Waals surface area contributed by atoms with Gasteiger partial charge in [-0.05, 0) is 44.4 Å². The van der Waals surface area contributed by atoms with Crippen LogP contribution in [0.1, 0.15) is 33.8 Å². The third kappa shape index (κ3) is 3.40. The Morgan fingerprint density at radius 3 is 2.68 bits per heavy atom. The van der Waals surface area contributed by atoms with Crippen LogP contribution < -0.4 is 5.32 Å². The summed E-state index contributed by atoms with van der Waals surface area (Å²) in [6.07, 6.45) is 5.36. The van der Waals surface area contributed by atoms with Crippen LogP contribution in [0, 0.1) is 13.8 Å². The van der Waals surface area contributed by atoms with E-state index in [2.05, 4.69) is 15.5 Å². The number of hydrogen-bond acceptors (Lipinski definition) is 4. The molecule has 0 aliphatic heterocycles. The van der Waals surface area contributed by atoms with Crippen molar-refractivity contribution >= 4 is 5.91 Å². The highest BCUT2D eigenvalue weighted by Crippen LogP contribution is 2.11. The summed E-state index contributed by atoms with van der Waals surface area (Å²) in [5, 5.41) is 6.65. The van der Waals surface area contributed by atoms with Crippen LogP contribution in [0.2, 0.25) is 0 Å². The SMILES string of the molecule is Cc1noc(C)c1C(=O)NCCCc1ccncc1. The maximum absolute atomic E-state index is 11.9. The van der Waals surface area contributed by atoms with Crippen molar-refractivity contribution in [2.75, 3.05) is 6.54 Å². The van der Waals surface area contributed by atoms with Crippen LogP contribution in [0.15, 0.2) is 29.0 Å². The van der Waals surface area contributed by atoms with Gasteiger partial charge in [-0.25, -0.2) is 0 Å². The highest BCUT2D eigenvalue weighted by Gasteiger charge is 2.16. The van der Waals surface area contributed by atoms with E-state index in [-0.39, 0.29) is 5.91 Å². The van der Waals surface area contributed by atoms with Crippen LogP contribution in [0.5, 0.6) is 0 Å². The quantitative estimate of drug-likeness (QED) is 0.834. The van der Waals surface area contributed by atoms with Crippen molar-refractivity contribution in [2.45, 2.75) is 26.7 Å². The van der Waals surface area contributed by atoms with Crippen LogP contribution in [0.3, 0.4) is 0 Å². The highest BCUT2D eigenvalue weighted by molar-refractivity contribution is 5.96. The summed E-state index contributed by atoms with van der Waals surface area (Å²) >= 11 is 0. The molecule has 5 nitrogen and oxygen atoms in total. The number of aromatic nitrogens is 2. The molecule has 1 N–H and O–H groups in total. The molecule has 0 bridgehead atoms. The number of nitrogens with one attached hydrogen (secondary N) is 1. The largest absolute Gasteiger partial charge is 0.361 e. The Bertz CT molecular complexity index is 530. The minimum Gasteiger partial charge on any atom is -0.361 e. The monoisotopic (exact) mass is 259 g/mol. The zero-order chi connectivity index (χ0) is 13.7. The summed E-state index contributed by atoms with van der Waals surface area (Å²) in [6, 6.07) is 3.96. The highest BCUT2D eigenvalue weighted by atomic mass is 16.5. The lowest BCUT2D eigenvalue weighted by Gasteiger charge is -2.04. The summed E-state index contributed by atoms with van der Waals surface area (Å²) in [5.41, 5.74) is 2.40. The number of nitrogens with zero attached hydrogens (tertiary/aromatic N) is 2. The third-order valence-corrected chi connectivity index (χ3v) is 2.94. The van der Waals surface area contributed by atoms with Gasteiger partial charge in [-0.1, -0.05) is 5.16 Å². The van der Waals surface area contributed by atoms with Gasteiger partial charge in [0, 0.05) is 18.9 Å². The first-order valence-corrected chi connectivity index (χ1v) is 6.28. The minimum absolute atomic E-state index is 0.119. The van der Waals surface area contributed by atoms with Gasteiger partial charge < -0.3 is 9.84 Å². The molecule has 2 rings (SSSR count). The number of hydrogen-bond donors (Lipinski definition) is 1. The predicted molar refractivity (Wildman–Crippen MR) is 70.9 cm³/mol. The van der Waals surface area contributed by atoms with Crippen molar-refractivity contribution in [3.63, 3.8) is 0 Å². The Balaban J connectivity index is 1.79. The number of carbonyl (C=O) groups excluding carboxylic acids is 1. The molecule has 0 atom stereocenters. The van der Waals surface area contributed by atoms with Crippen molar-refractivity contribution in [1.82, 2.24) is 15.5 Å². The topological polar surface area (TPSA) is 68.0 Å². The first kappa shape index (κ1) is 13.3. The molecule has 1 amide bonds. The van der Waals surface area contributed by atoms with E-state index >= 15 is 0 Å². The molecule has 0 unspecified atom stereocenters. The second-order valence-electron chi connectivity index (χ2n) is 4.41. The standard InChI is InChI=1S/C14H17N3O2/c1-10-13(11(2)19-17-10)14(18)16-7-3-4-12-5-8-15-9-6-12/h5-6,8-9H,3-4,7H2,1-2H3,(H,16,18). The third-order valence-electron chi connectivity index (χ3n) is 2.94. The van der Waals surface area contributed by atoms with Gasteiger partial charge in [-0.15, -0.1) is 0 Å². The molecule has 0 aromatic carbocycles. The Morgan fingerprint density at radius 2 is 2.05 bits per heavy atom. The molecule has 100 valence electrons. The van der Waals surface area contributed by atoms with Gasteiger partial charge in [0.25, 0.3) is 5.91 Å². The maximum atomic E-state index is 11.9. The van der Waals surface area contributed by atoms with Gasteiger partial charge in [0.1, 0.15) is 11.3 Å². The number of carbonyl (C=O) groups is 1. The van der Waals surface area contributed by atoms with E-state index in [1.165, 1.54) is 5.56 Å². The molecule has 2 heterocycles. The van der Waals surface area contributed by atoms with Gasteiger partial charge in [-0.3, -0.25) is 9.78 Å². The number of pyridine rings is 1. The lowest BCUT2D eigenvalue weighted by molar-refractivity contribution is 0.0951. The van der Waals surface area contributed by atoms with E-state index in [9.17, 15) is 4.79 Å². The smallest absolute Gasteiger partial charge is 0.256 e. The predicted octanol–water partition coefficient (Wildman–Crippen LogP) is 2.05. The lowest BCUT2D eigenvalue weighted by Crippen LogP contribution is -2.25. The van der Waals surface area contributed by atoms with Crippen LogP contribution >= 0.6 is 0 Å². The van der Waals surface area contributed by atoms with E-state index in [0.29, 0.717) is 23.6 Å². The fourth-order valence-electron chi connectivity index (χ4n) is 1.94. The Hall–Kier alpha value is -2.17. The molecular weight excluding hydrogens is 242 g/mol. The zero-order valence-corrected chi connectivity index (χ0v) is 11.1. The van der Waals surface area contributed by atoms with Gasteiger partial charge in [0.05, 0.1) is 5.69 Å². The molecular formula is C14H17N3O2. The van der Waals surface area contributed by atoms with Crippen molar-refractivity contribution in [1.29, 1.82) is 0 Å². The van der Waals surface area contributed by atoms with Crippen molar-refractivity contribution in [2.24, 2.45) is 0 Å². The van der Waals surface area contributed by atoms with Crippen LogP contribution in [-0.4, -0.2) is 22.6 Å². The first-order valence-electron chi connectivity index (χ1n) is 6.28.